The number of fused-ring (bicyclic) bond motifs is 1. The van der Waals surface area contributed by atoms with E-state index in [1.165, 1.54) is 12.4 Å². The van der Waals surface area contributed by atoms with E-state index in [1.54, 1.807) is 11.9 Å². The Balaban J connectivity index is 2.03. The number of anilines is 1. The van der Waals surface area contributed by atoms with E-state index in [9.17, 15) is 9.59 Å². The highest BCUT2D eigenvalue weighted by atomic mass is 16.1. The lowest BCUT2D eigenvalue weighted by atomic mass is 10.0. The molecule has 0 radical (unpaired) electrons. The zero-order valence-corrected chi connectivity index (χ0v) is 10.3. The van der Waals surface area contributed by atoms with Gasteiger partial charge in [-0.05, 0) is 12.1 Å². The number of Topliss-reactive ketones (excluding diaryl/α,β-unsaturated/α-hetero) is 1. The number of likely N-dealkylation sites (N-methyl/N-ethyl adjacent to an activating group) is 1. The van der Waals surface area contributed by atoms with E-state index < -0.39 is 0 Å². The number of ketones is 2. The van der Waals surface area contributed by atoms with Crippen LogP contribution in [-0.4, -0.2) is 28.6 Å². The molecule has 0 saturated carbocycles. The van der Waals surface area contributed by atoms with Gasteiger partial charge < -0.3 is 9.88 Å². The van der Waals surface area contributed by atoms with Crippen LogP contribution in [0.15, 0.2) is 48.4 Å². The maximum Gasteiger partial charge on any atom is 0.228 e. The first-order valence-corrected chi connectivity index (χ1v) is 5.81. The Morgan fingerprint density at radius 3 is 2.63 bits per heavy atom. The Bertz CT molecular complexity index is 686. The van der Waals surface area contributed by atoms with Crippen LogP contribution in [0.4, 0.5) is 5.69 Å². The molecule has 94 valence electrons. The molecule has 1 heterocycles. The van der Waals surface area contributed by atoms with E-state index in [2.05, 4.69) is 9.97 Å². The monoisotopic (exact) mass is 253 g/mol. The number of para-hydroxylation sites is 1. The summed E-state index contributed by atoms with van der Waals surface area (Å²) < 4.78 is 0. The van der Waals surface area contributed by atoms with Gasteiger partial charge >= 0.3 is 0 Å². The van der Waals surface area contributed by atoms with Crippen LogP contribution in [0, 0.1) is 0 Å². The summed E-state index contributed by atoms with van der Waals surface area (Å²) in [6.45, 7) is 0. The van der Waals surface area contributed by atoms with Gasteiger partial charge in [-0.2, -0.15) is 0 Å². The number of hydrogen-bond donors (Lipinski definition) is 1. The number of allylic oxidation sites excluding steroid dienone is 2. The summed E-state index contributed by atoms with van der Waals surface area (Å²) in [7, 11) is 1.76. The van der Waals surface area contributed by atoms with Gasteiger partial charge in [-0.3, -0.25) is 9.59 Å². The highest BCUT2D eigenvalue weighted by Gasteiger charge is 2.30. The van der Waals surface area contributed by atoms with Gasteiger partial charge in [0.2, 0.25) is 11.6 Å². The summed E-state index contributed by atoms with van der Waals surface area (Å²) in [6.07, 6.45) is 2.69. The van der Waals surface area contributed by atoms with Crippen molar-refractivity contribution in [3.63, 3.8) is 0 Å². The van der Waals surface area contributed by atoms with Crippen LogP contribution < -0.4 is 4.90 Å². The normalized spacial score (nSPS) is 14.1. The van der Waals surface area contributed by atoms with Gasteiger partial charge in [0, 0.05) is 18.8 Å². The number of H-pyrrole nitrogens is 1. The van der Waals surface area contributed by atoms with Crippen LogP contribution >= 0.6 is 0 Å². The second-order valence-corrected chi connectivity index (χ2v) is 4.24. The number of rotatable bonds is 2. The fourth-order valence-corrected chi connectivity index (χ4v) is 2.08. The van der Waals surface area contributed by atoms with Crippen molar-refractivity contribution in [2.75, 3.05) is 11.9 Å². The number of nitrogens with zero attached hydrogens (tertiary/aromatic N) is 2. The molecule has 0 saturated heterocycles. The van der Waals surface area contributed by atoms with Crippen LogP contribution in [0.2, 0.25) is 0 Å². The number of carbonyl (C=O) groups is 2. The highest BCUT2D eigenvalue weighted by Crippen LogP contribution is 2.24. The van der Waals surface area contributed by atoms with Crippen molar-refractivity contribution >= 4 is 17.3 Å². The molecule has 0 amide bonds. The second kappa shape index (κ2) is 4.20. The van der Waals surface area contributed by atoms with E-state index in [0.717, 1.165) is 5.69 Å². The fourth-order valence-electron chi connectivity index (χ4n) is 2.08. The van der Waals surface area contributed by atoms with E-state index >= 15 is 0 Å². The van der Waals surface area contributed by atoms with Crippen molar-refractivity contribution in [2.45, 2.75) is 0 Å². The van der Waals surface area contributed by atoms with Gasteiger partial charge in [-0.25, -0.2) is 4.98 Å². The number of hydrogen-bond acceptors (Lipinski definition) is 4. The van der Waals surface area contributed by atoms with E-state index in [4.69, 9.17) is 0 Å². The van der Waals surface area contributed by atoms with Crippen molar-refractivity contribution in [1.82, 2.24) is 9.97 Å². The van der Waals surface area contributed by atoms with Crippen molar-refractivity contribution in [3.05, 3.63) is 59.8 Å². The van der Waals surface area contributed by atoms with Crippen molar-refractivity contribution in [2.24, 2.45) is 0 Å². The van der Waals surface area contributed by atoms with Crippen LogP contribution in [0.5, 0.6) is 0 Å². The molecule has 0 atom stereocenters. The van der Waals surface area contributed by atoms with Gasteiger partial charge in [0.1, 0.15) is 11.4 Å². The quantitative estimate of drug-likeness (QED) is 0.886. The van der Waals surface area contributed by atoms with E-state index in [0.29, 0.717) is 5.70 Å². The number of benzene rings is 1. The highest BCUT2D eigenvalue weighted by molar-refractivity contribution is 6.24. The molecular formula is C14H11N3O2. The first-order chi connectivity index (χ1) is 9.18. The molecule has 19 heavy (non-hydrogen) atoms. The minimum absolute atomic E-state index is 0.190. The molecule has 1 aromatic carbocycles. The zero-order chi connectivity index (χ0) is 13.4. The molecule has 0 spiro atoms. The lowest BCUT2D eigenvalue weighted by Gasteiger charge is -2.23. The SMILES string of the molecule is CN(C1=CC(=O)c2nc[nH]c2C1=O)c1ccccc1. The fraction of sp³-hybridized carbons (Fsp3) is 0.0714. The molecule has 1 aromatic heterocycles. The van der Waals surface area contributed by atoms with Crippen LogP contribution in [-0.2, 0) is 0 Å². The van der Waals surface area contributed by atoms with Crippen molar-refractivity contribution in [3.8, 4) is 0 Å². The number of carbonyl (C=O) groups excluding carboxylic acids is 2. The van der Waals surface area contributed by atoms with E-state index in [-0.39, 0.29) is 23.0 Å². The summed E-state index contributed by atoms with van der Waals surface area (Å²) >= 11 is 0. The third-order valence-corrected chi connectivity index (χ3v) is 3.11. The summed E-state index contributed by atoms with van der Waals surface area (Å²) in [4.78, 5) is 32.5. The summed E-state index contributed by atoms with van der Waals surface area (Å²) in [5.41, 5.74) is 1.63. The van der Waals surface area contributed by atoms with Crippen molar-refractivity contribution < 1.29 is 9.59 Å². The summed E-state index contributed by atoms with van der Waals surface area (Å²) in [5, 5.41) is 0. The van der Waals surface area contributed by atoms with Gasteiger partial charge in [-0.15, -0.1) is 0 Å². The number of imidazole rings is 1. The Kier molecular flexibility index (Phi) is 2.52. The largest absolute Gasteiger partial charge is 0.341 e. The molecule has 1 aliphatic rings. The number of nitrogens with one attached hydrogen (secondary N) is 1. The summed E-state index contributed by atoms with van der Waals surface area (Å²) in [5.74, 6) is -0.480. The minimum atomic E-state index is -0.256. The molecule has 0 fully saturated rings. The average molecular weight is 253 g/mol. The molecule has 2 aromatic rings. The lowest BCUT2D eigenvalue weighted by Crippen LogP contribution is -2.28. The molecule has 5 heteroatoms. The smallest absolute Gasteiger partial charge is 0.228 e. The maximum atomic E-state index is 12.3. The van der Waals surface area contributed by atoms with Gasteiger partial charge in [0.15, 0.2) is 0 Å². The third kappa shape index (κ3) is 1.76. The average Bonchev–Trinajstić information content (AvgIpc) is 2.93. The number of aromatic amines is 1. The Morgan fingerprint density at radius 1 is 1.16 bits per heavy atom. The predicted octanol–water partition coefficient (Wildman–Crippen LogP) is 1.81. The van der Waals surface area contributed by atoms with Crippen LogP contribution in [0.3, 0.4) is 0 Å². The van der Waals surface area contributed by atoms with Gasteiger partial charge in [0.05, 0.1) is 12.0 Å². The molecule has 5 nitrogen and oxygen atoms in total. The number of aromatic nitrogens is 2. The van der Waals surface area contributed by atoms with Crippen LogP contribution in [0.1, 0.15) is 21.0 Å². The third-order valence-electron chi connectivity index (χ3n) is 3.11. The first kappa shape index (κ1) is 11.4. The van der Waals surface area contributed by atoms with E-state index in [1.807, 2.05) is 30.3 Å². The topological polar surface area (TPSA) is 66.1 Å². The predicted molar refractivity (Wildman–Crippen MR) is 70.2 cm³/mol. The first-order valence-electron chi connectivity index (χ1n) is 5.81. The second-order valence-electron chi connectivity index (χ2n) is 4.24. The molecule has 1 N–H and O–H groups in total. The molecular weight excluding hydrogens is 242 g/mol. The standard InChI is InChI=1S/C14H11N3O2/c1-17(9-5-3-2-4-6-9)10-7-11(18)12-13(14(10)19)16-8-15-12/h2-8H,1H3,(H,15,16). The lowest BCUT2D eigenvalue weighted by molar-refractivity contribution is 0.0977. The van der Waals surface area contributed by atoms with Gasteiger partial charge in [-0.1, -0.05) is 18.2 Å². The van der Waals surface area contributed by atoms with Crippen LogP contribution in [0.25, 0.3) is 0 Å². The molecule has 0 aliphatic heterocycles. The summed E-state index contributed by atoms with van der Waals surface area (Å²) in [6, 6.07) is 9.40. The Labute approximate surface area is 109 Å². The minimum Gasteiger partial charge on any atom is -0.341 e. The van der Waals surface area contributed by atoms with Gasteiger partial charge in [0.25, 0.3) is 0 Å². The Morgan fingerprint density at radius 2 is 1.89 bits per heavy atom. The molecule has 3 rings (SSSR count). The zero-order valence-electron chi connectivity index (χ0n) is 10.3. The van der Waals surface area contributed by atoms with Crippen molar-refractivity contribution in [1.29, 1.82) is 0 Å². The Hall–Kier alpha value is -2.69. The molecule has 0 unspecified atom stereocenters. The maximum absolute atomic E-state index is 12.3. The molecule has 1 aliphatic carbocycles. The molecule has 0 bridgehead atoms.